The van der Waals surface area contributed by atoms with Gasteiger partial charge in [0.15, 0.2) is 11.6 Å². The quantitative estimate of drug-likeness (QED) is 0.740. The molecule has 2 aromatic rings. The highest BCUT2D eigenvalue weighted by Gasteiger charge is 2.37. The number of piperazine rings is 1. The van der Waals surface area contributed by atoms with Gasteiger partial charge in [-0.05, 0) is 19.3 Å². The summed E-state index contributed by atoms with van der Waals surface area (Å²) < 4.78 is 54.2. The highest BCUT2D eigenvalue weighted by molar-refractivity contribution is 5.47. The van der Waals surface area contributed by atoms with Crippen LogP contribution in [0.25, 0.3) is 0 Å². The summed E-state index contributed by atoms with van der Waals surface area (Å²) in [5, 5.41) is 0. The van der Waals surface area contributed by atoms with E-state index >= 15 is 0 Å². The lowest BCUT2D eigenvalue weighted by atomic mass is 10.2. The number of nitrogens with zero attached hydrogens (tertiary/aromatic N) is 6. The van der Waals surface area contributed by atoms with Crippen molar-refractivity contribution in [2.24, 2.45) is 0 Å². The molecule has 28 heavy (non-hydrogen) atoms. The molecule has 2 aromatic heterocycles. The van der Waals surface area contributed by atoms with Crippen LogP contribution in [0.4, 0.5) is 29.2 Å². The van der Waals surface area contributed by atoms with Crippen molar-refractivity contribution in [3.63, 3.8) is 0 Å². The van der Waals surface area contributed by atoms with E-state index in [2.05, 4.69) is 19.9 Å². The maximum atomic E-state index is 14.5. The summed E-state index contributed by atoms with van der Waals surface area (Å²) in [5.74, 6) is 0.368. The Balaban J connectivity index is 1.53. The van der Waals surface area contributed by atoms with Gasteiger partial charge in [-0.25, -0.2) is 24.3 Å². The van der Waals surface area contributed by atoms with Crippen LogP contribution in [0.2, 0.25) is 0 Å². The highest BCUT2D eigenvalue weighted by atomic mass is 19.4. The molecular formula is C18H20F4N6. The van der Waals surface area contributed by atoms with Crippen LogP contribution in [0.5, 0.6) is 0 Å². The molecule has 0 amide bonds. The molecule has 0 unspecified atom stereocenters. The van der Waals surface area contributed by atoms with Crippen molar-refractivity contribution in [1.82, 2.24) is 19.9 Å². The zero-order valence-corrected chi connectivity index (χ0v) is 15.4. The second-order valence-electron chi connectivity index (χ2n) is 7.03. The van der Waals surface area contributed by atoms with Crippen LogP contribution in [-0.4, -0.2) is 46.1 Å². The van der Waals surface area contributed by atoms with Crippen molar-refractivity contribution in [1.29, 1.82) is 0 Å². The predicted octanol–water partition coefficient (Wildman–Crippen LogP) is 3.19. The van der Waals surface area contributed by atoms with Crippen LogP contribution >= 0.6 is 0 Å². The average molecular weight is 396 g/mol. The Morgan fingerprint density at radius 3 is 2.32 bits per heavy atom. The summed E-state index contributed by atoms with van der Waals surface area (Å²) in [5.41, 5.74) is -0.552. The topological polar surface area (TPSA) is 58.0 Å². The smallest absolute Gasteiger partial charge is 0.353 e. The molecule has 0 radical (unpaired) electrons. The molecule has 1 aliphatic heterocycles. The number of hydrogen-bond acceptors (Lipinski definition) is 6. The van der Waals surface area contributed by atoms with Gasteiger partial charge in [-0.2, -0.15) is 13.2 Å². The molecule has 0 aromatic carbocycles. The second-order valence-corrected chi connectivity index (χ2v) is 7.03. The van der Waals surface area contributed by atoms with E-state index in [1.54, 1.807) is 9.80 Å². The van der Waals surface area contributed by atoms with Crippen LogP contribution < -0.4 is 9.80 Å². The monoisotopic (exact) mass is 396 g/mol. The first-order valence-corrected chi connectivity index (χ1v) is 9.32. The molecule has 2 aliphatic rings. The molecule has 2 fully saturated rings. The van der Waals surface area contributed by atoms with Gasteiger partial charge in [0, 0.05) is 38.2 Å². The summed E-state index contributed by atoms with van der Waals surface area (Å²) in [7, 11) is 0. The summed E-state index contributed by atoms with van der Waals surface area (Å²) in [4.78, 5) is 19.6. The largest absolute Gasteiger partial charge is 0.433 e. The molecule has 0 N–H and O–H groups in total. The van der Waals surface area contributed by atoms with E-state index < -0.39 is 17.7 Å². The van der Waals surface area contributed by atoms with Gasteiger partial charge in [0.2, 0.25) is 0 Å². The lowest BCUT2D eigenvalue weighted by Gasteiger charge is -2.36. The first-order chi connectivity index (χ1) is 13.4. The van der Waals surface area contributed by atoms with Crippen LogP contribution in [0.1, 0.15) is 42.9 Å². The standard InChI is InChI=1S/C18H20F4N6/c1-2-12-15(19)17(24-10-23-12)28-7-5-27(6-8-28)14-9-13(18(20,21)22)25-16(26-14)11-3-4-11/h9-11H,2-8H2,1H3. The Morgan fingerprint density at radius 2 is 1.71 bits per heavy atom. The molecule has 1 saturated carbocycles. The van der Waals surface area contributed by atoms with Gasteiger partial charge in [0.05, 0.1) is 5.69 Å². The fraction of sp³-hybridized carbons (Fsp3) is 0.556. The normalized spacial score (nSPS) is 17.9. The van der Waals surface area contributed by atoms with E-state index in [0.29, 0.717) is 38.3 Å². The molecule has 6 nitrogen and oxygen atoms in total. The van der Waals surface area contributed by atoms with Crippen molar-refractivity contribution in [2.45, 2.75) is 38.3 Å². The summed E-state index contributed by atoms with van der Waals surface area (Å²) in [6.07, 6.45) is -1.07. The molecule has 0 bridgehead atoms. The SMILES string of the molecule is CCc1ncnc(N2CCN(c3cc(C(F)(F)F)nc(C4CC4)n3)CC2)c1F. The highest BCUT2D eigenvalue weighted by Crippen LogP contribution is 2.40. The maximum Gasteiger partial charge on any atom is 0.433 e. The number of halogens is 4. The van der Waals surface area contributed by atoms with Gasteiger partial charge in [0.25, 0.3) is 0 Å². The van der Waals surface area contributed by atoms with Crippen LogP contribution in [0.3, 0.4) is 0 Å². The summed E-state index contributed by atoms with van der Waals surface area (Å²) >= 11 is 0. The van der Waals surface area contributed by atoms with Gasteiger partial charge in [-0.15, -0.1) is 0 Å². The van der Waals surface area contributed by atoms with E-state index in [9.17, 15) is 17.6 Å². The van der Waals surface area contributed by atoms with E-state index in [0.717, 1.165) is 18.9 Å². The average Bonchev–Trinajstić information content (AvgIpc) is 3.53. The van der Waals surface area contributed by atoms with Crippen LogP contribution in [-0.2, 0) is 12.6 Å². The van der Waals surface area contributed by atoms with Crippen molar-refractivity contribution in [3.05, 3.63) is 35.4 Å². The number of aromatic nitrogens is 4. The van der Waals surface area contributed by atoms with Gasteiger partial charge >= 0.3 is 6.18 Å². The number of anilines is 2. The summed E-state index contributed by atoms with van der Waals surface area (Å²) in [6.45, 7) is 3.52. The molecule has 0 spiro atoms. The van der Waals surface area contributed by atoms with Gasteiger partial charge < -0.3 is 9.80 Å². The van der Waals surface area contributed by atoms with Gasteiger partial charge in [0.1, 0.15) is 23.7 Å². The molecule has 10 heteroatoms. The third-order valence-electron chi connectivity index (χ3n) is 5.04. The number of hydrogen-bond donors (Lipinski definition) is 0. The Kier molecular flexibility index (Phi) is 4.80. The van der Waals surface area contributed by atoms with Crippen LogP contribution in [0, 0.1) is 5.82 Å². The minimum absolute atomic E-state index is 0.0184. The maximum absolute atomic E-state index is 14.5. The summed E-state index contributed by atoms with van der Waals surface area (Å²) in [6, 6.07) is 1.00. The Bertz CT molecular complexity index is 860. The van der Waals surface area contributed by atoms with Crippen molar-refractivity contribution >= 4 is 11.6 Å². The Labute approximate surface area is 159 Å². The fourth-order valence-corrected chi connectivity index (χ4v) is 3.29. The van der Waals surface area contributed by atoms with E-state index in [1.165, 1.54) is 6.33 Å². The lowest BCUT2D eigenvalue weighted by Crippen LogP contribution is -2.47. The Hall–Kier alpha value is -2.52. The molecular weight excluding hydrogens is 376 g/mol. The molecule has 3 heterocycles. The van der Waals surface area contributed by atoms with Crippen molar-refractivity contribution < 1.29 is 17.6 Å². The first-order valence-electron chi connectivity index (χ1n) is 9.32. The van der Waals surface area contributed by atoms with Gasteiger partial charge in [-0.3, -0.25) is 0 Å². The third-order valence-corrected chi connectivity index (χ3v) is 5.04. The molecule has 150 valence electrons. The Morgan fingerprint density at radius 1 is 1.04 bits per heavy atom. The molecule has 1 saturated heterocycles. The molecule has 4 rings (SSSR count). The second kappa shape index (κ2) is 7.14. The number of aryl methyl sites for hydroxylation is 1. The van der Waals surface area contributed by atoms with Crippen molar-refractivity contribution in [2.75, 3.05) is 36.0 Å². The van der Waals surface area contributed by atoms with Crippen molar-refractivity contribution in [3.8, 4) is 0 Å². The zero-order chi connectivity index (χ0) is 19.9. The zero-order valence-electron chi connectivity index (χ0n) is 15.4. The van der Waals surface area contributed by atoms with E-state index in [1.807, 2.05) is 6.92 Å². The third kappa shape index (κ3) is 3.72. The van der Waals surface area contributed by atoms with Gasteiger partial charge in [-0.1, -0.05) is 6.92 Å². The minimum Gasteiger partial charge on any atom is -0.353 e. The number of rotatable bonds is 4. The molecule has 0 atom stereocenters. The van der Waals surface area contributed by atoms with Crippen LogP contribution in [0.15, 0.2) is 12.4 Å². The fourth-order valence-electron chi connectivity index (χ4n) is 3.29. The molecule has 1 aliphatic carbocycles. The number of alkyl halides is 3. The van der Waals surface area contributed by atoms with E-state index in [4.69, 9.17) is 0 Å². The lowest BCUT2D eigenvalue weighted by molar-refractivity contribution is -0.141. The van der Waals surface area contributed by atoms with E-state index in [-0.39, 0.29) is 23.4 Å². The minimum atomic E-state index is -4.51. The first kappa shape index (κ1) is 18.8. The predicted molar refractivity (Wildman–Crippen MR) is 94.8 cm³/mol.